The lowest BCUT2D eigenvalue weighted by atomic mass is 9.99. The van der Waals surface area contributed by atoms with Crippen molar-refractivity contribution in [1.29, 1.82) is 0 Å². The summed E-state index contributed by atoms with van der Waals surface area (Å²) in [5, 5.41) is 4.91. The average Bonchev–Trinajstić information content (AvgIpc) is 2.48. The van der Waals surface area contributed by atoms with Crippen molar-refractivity contribution in [3.8, 4) is 0 Å². The highest BCUT2D eigenvalue weighted by Gasteiger charge is 2.30. The second-order valence-corrected chi connectivity index (χ2v) is 6.44. The van der Waals surface area contributed by atoms with Crippen LogP contribution in [0.15, 0.2) is 18.2 Å². The zero-order valence-electron chi connectivity index (χ0n) is 12.5. The molecule has 1 aliphatic heterocycles. The van der Waals surface area contributed by atoms with Crippen LogP contribution >= 0.6 is 23.2 Å². The zero-order valence-corrected chi connectivity index (χ0v) is 14.0. The van der Waals surface area contributed by atoms with Crippen LogP contribution in [0.3, 0.4) is 0 Å². The minimum absolute atomic E-state index is 0.367. The van der Waals surface area contributed by atoms with Crippen molar-refractivity contribution in [2.24, 2.45) is 0 Å². The molecule has 3 unspecified atom stereocenters. The Balaban J connectivity index is 2.19. The van der Waals surface area contributed by atoms with Gasteiger partial charge in [-0.1, -0.05) is 43.1 Å². The van der Waals surface area contributed by atoms with Crippen molar-refractivity contribution >= 4 is 23.2 Å². The molecular formula is C16H24Cl2N2. The van der Waals surface area contributed by atoms with E-state index in [-0.39, 0.29) is 0 Å². The van der Waals surface area contributed by atoms with Gasteiger partial charge in [-0.25, -0.2) is 0 Å². The van der Waals surface area contributed by atoms with E-state index >= 15 is 0 Å². The molecule has 1 fully saturated rings. The molecule has 2 nitrogen and oxygen atoms in total. The van der Waals surface area contributed by atoms with Crippen molar-refractivity contribution in [2.75, 3.05) is 13.1 Å². The molecule has 0 bridgehead atoms. The molecule has 1 N–H and O–H groups in total. The Kier molecular flexibility index (Phi) is 5.74. The molecule has 1 aromatic rings. The highest BCUT2D eigenvalue weighted by Crippen LogP contribution is 2.30. The van der Waals surface area contributed by atoms with Crippen LogP contribution < -0.4 is 5.32 Å². The summed E-state index contributed by atoms with van der Waals surface area (Å²) in [5.41, 5.74) is 1.25. The fraction of sp³-hybridized carbons (Fsp3) is 0.625. The normalized spacial score (nSPS) is 25.6. The molecule has 3 atom stereocenters. The van der Waals surface area contributed by atoms with Crippen LogP contribution in [-0.2, 0) is 0 Å². The third-order valence-electron chi connectivity index (χ3n) is 4.43. The lowest BCUT2D eigenvalue weighted by Gasteiger charge is -2.43. The third kappa shape index (κ3) is 3.48. The van der Waals surface area contributed by atoms with Crippen molar-refractivity contribution in [1.82, 2.24) is 10.2 Å². The van der Waals surface area contributed by atoms with Crippen LogP contribution in [0.25, 0.3) is 0 Å². The summed E-state index contributed by atoms with van der Waals surface area (Å²) in [6.07, 6.45) is 2.33. The van der Waals surface area contributed by atoms with E-state index in [0.717, 1.165) is 19.5 Å². The van der Waals surface area contributed by atoms with E-state index in [9.17, 15) is 0 Å². The van der Waals surface area contributed by atoms with E-state index < -0.39 is 0 Å². The van der Waals surface area contributed by atoms with Crippen LogP contribution in [0.5, 0.6) is 0 Å². The molecule has 0 saturated carbocycles. The molecule has 1 aliphatic rings. The van der Waals surface area contributed by atoms with Crippen LogP contribution in [0.1, 0.15) is 45.2 Å². The summed E-state index contributed by atoms with van der Waals surface area (Å²) in [6.45, 7) is 8.93. The van der Waals surface area contributed by atoms with Gasteiger partial charge in [0.25, 0.3) is 0 Å². The van der Waals surface area contributed by atoms with E-state index in [1.807, 2.05) is 12.1 Å². The standard InChI is InChI=1S/C16H24Cl2N2/c1-4-13-10-20(14(5-2)9-19-13)11(3)12-6-7-15(17)16(18)8-12/h6-8,11,13-14,19H,4-5,9-10H2,1-3H3. The minimum atomic E-state index is 0.367. The first-order chi connectivity index (χ1) is 9.56. The number of piperazine rings is 1. The van der Waals surface area contributed by atoms with Gasteiger partial charge in [-0.05, 0) is 37.5 Å². The van der Waals surface area contributed by atoms with E-state index in [4.69, 9.17) is 23.2 Å². The molecule has 1 saturated heterocycles. The highest BCUT2D eigenvalue weighted by molar-refractivity contribution is 6.42. The molecule has 20 heavy (non-hydrogen) atoms. The number of halogens is 2. The summed E-state index contributed by atoms with van der Waals surface area (Å²) in [5.74, 6) is 0. The van der Waals surface area contributed by atoms with Crippen LogP contribution in [0.2, 0.25) is 10.0 Å². The van der Waals surface area contributed by atoms with E-state index in [1.54, 1.807) is 0 Å². The van der Waals surface area contributed by atoms with Crippen molar-refractivity contribution in [3.63, 3.8) is 0 Å². The maximum Gasteiger partial charge on any atom is 0.0595 e. The Morgan fingerprint density at radius 1 is 1.25 bits per heavy atom. The summed E-state index contributed by atoms with van der Waals surface area (Å²) in [6, 6.07) is 7.53. The Labute approximate surface area is 132 Å². The number of rotatable bonds is 4. The number of nitrogens with zero attached hydrogens (tertiary/aromatic N) is 1. The number of hydrogen-bond donors (Lipinski definition) is 1. The predicted octanol–water partition coefficient (Wildman–Crippen LogP) is 4.52. The van der Waals surface area contributed by atoms with Gasteiger partial charge < -0.3 is 5.32 Å². The number of benzene rings is 1. The fourth-order valence-electron chi connectivity index (χ4n) is 2.98. The predicted molar refractivity (Wildman–Crippen MR) is 87.7 cm³/mol. The third-order valence-corrected chi connectivity index (χ3v) is 5.17. The van der Waals surface area contributed by atoms with Crippen molar-refractivity contribution in [3.05, 3.63) is 33.8 Å². The van der Waals surface area contributed by atoms with Gasteiger partial charge >= 0.3 is 0 Å². The van der Waals surface area contributed by atoms with E-state index in [0.29, 0.717) is 28.2 Å². The van der Waals surface area contributed by atoms with Gasteiger partial charge in [0, 0.05) is 31.2 Å². The topological polar surface area (TPSA) is 15.3 Å². The molecule has 1 heterocycles. The molecule has 112 valence electrons. The van der Waals surface area contributed by atoms with Gasteiger partial charge in [0.15, 0.2) is 0 Å². The first kappa shape index (κ1) is 16.1. The first-order valence-corrected chi connectivity index (χ1v) is 8.26. The Bertz CT molecular complexity index is 450. The summed E-state index contributed by atoms with van der Waals surface area (Å²) in [7, 11) is 0. The Morgan fingerprint density at radius 2 is 2.00 bits per heavy atom. The Hall–Kier alpha value is -0.280. The molecule has 2 rings (SSSR count). The van der Waals surface area contributed by atoms with Gasteiger partial charge in [0.05, 0.1) is 10.0 Å². The van der Waals surface area contributed by atoms with Gasteiger partial charge in [0.2, 0.25) is 0 Å². The molecule has 0 aromatic heterocycles. The SMILES string of the molecule is CCC1CN(C(C)c2ccc(Cl)c(Cl)c2)C(CC)CN1. The second-order valence-electron chi connectivity index (χ2n) is 5.62. The molecule has 0 aliphatic carbocycles. The fourth-order valence-corrected chi connectivity index (χ4v) is 3.28. The first-order valence-electron chi connectivity index (χ1n) is 7.50. The van der Waals surface area contributed by atoms with Gasteiger partial charge in [-0.15, -0.1) is 0 Å². The molecule has 0 amide bonds. The van der Waals surface area contributed by atoms with Crippen molar-refractivity contribution < 1.29 is 0 Å². The molecule has 0 radical (unpaired) electrons. The van der Waals surface area contributed by atoms with Crippen LogP contribution in [0.4, 0.5) is 0 Å². The van der Waals surface area contributed by atoms with Gasteiger partial charge in [0.1, 0.15) is 0 Å². The van der Waals surface area contributed by atoms with Gasteiger partial charge in [-0.2, -0.15) is 0 Å². The number of nitrogens with one attached hydrogen (secondary N) is 1. The lowest BCUT2D eigenvalue weighted by molar-refractivity contribution is 0.0850. The second kappa shape index (κ2) is 7.13. The molecular weight excluding hydrogens is 291 g/mol. The number of hydrogen-bond acceptors (Lipinski definition) is 2. The van der Waals surface area contributed by atoms with Gasteiger partial charge in [-0.3, -0.25) is 4.90 Å². The Morgan fingerprint density at radius 3 is 2.60 bits per heavy atom. The van der Waals surface area contributed by atoms with Crippen molar-refractivity contribution in [2.45, 2.75) is 51.7 Å². The molecule has 4 heteroatoms. The van der Waals surface area contributed by atoms with Crippen LogP contribution in [-0.4, -0.2) is 30.1 Å². The monoisotopic (exact) mass is 314 g/mol. The average molecular weight is 315 g/mol. The minimum Gasteiger partial charge on any atom is -0.311 e. The highest BCUT2D eigenvalue weighted by atomic mass is 35.5. The summed E-state index contributed by atoms with van der Waals surface area (Å²) in [4.78, 5) is 2.60. The summed E-state index contributed by atoms with van der Waals surface area (Å²) < 4.78 is 0. The molecule has 0 spiro atoms. The lowest BCUT2D eigenvalue weighted by Crippen LogP contribution is -2.56. The summed E-state index contributed by atoms with van der Waals surface area (Å²) >= 11 is 12.2. The zero-order chi connectivity index (χ0) is 14.7. The van der Waals surface area contributed by atoms with E-state index in [2.05, 4.69) is 37.1 Å². The largest absolute Gasteiger partial charge is 0.311 e. The smallest absolute Gasteiger partial charge is 0.0595 e. The van der Waals surface area contributed by atoms with Crippen LogP contribution in [0, 0.1) is 0 Å². The maximum atomic E-state index is 6.16. The maximum absolute atomic E-state index is 6.16. The van der Waals surface area contributed by atoms with E-state index in [1.165, 1.54) is 12.0 Å². The molecule has 1 aromatic carbocycles. The quantitative estimate of drug-likeness (QED) is 0.879.